The second-order valence-electron chi connectivity index (χ2n) is 8.35. The topological polar surface area (TPSA) is 93.0 Å². The van der Waals surface area contributed by atoms with Crippen LogP contribution in [-0.4, -0.2) is 38.3 Å². The zero-order chi connectivity index (χ0) is 24.6. The number of nitrogens with zero attached hydrogens (tertiary/aromatic N) is 5. The van der Waals surface area contributed by atoms with Gasteiger partial charge in [0.1, 0.15) is 17.9 Å². The van der Waals surface area contributed by atoms with E-state index >= 15 is 0 Å². The summed E-state index contributed by atoms with van der Waals surface area (Å²) in [5.41, 5.74) is 4.95. The molecule has 178 valence electrons. The molecule has 36 heavy (non-hydrogen) atoms. The summed E-state index contributed by atoms with van der Waals surface area (Å²) in [6.07, 6.45) is 0.670. The number of nitrogens with one attached hydrogen (secondary N) is 1. The third-order valence-corrected chi connectivity index (χ3v) is 6.84. The van der Waals surface area contributed by atoms with Crippen molar-refractivity contribution in [2.45, 2.75) is 13.0 Å². The molecule has 1 N–H and O–H groups in total. The van der Waals surface area contributed by atoms with E-state index in [1.165, 1.54) is 23.5 Å². The Labute approximate surface area is 209 Å². The van der Waals surface area contributed by atoms with E-state index in [4.69, 9.17) is 0 Å². The van der Waals surface area contributed by atoms with Crippen LogP contribution in [0.1, 0.15) is 15.9 Å². The second-order valence-corrected chi connectivity index (χ2v) is 9.21. The van der Waals surface area contributed by atoms with Crippen molar-refractivity contribution in [3.05, 3.63) is 89.1 Å². The Bertz CT molecular complexity index is 1630. The van der Waals surface area contributed by atoms with Crippen LogP contribution in [0.4, 0.5) is 15.2 Å². The lowest BCUT2D eigenvalue weighted by Crippen LogP contribution is -2.29. The molecule has 0 saturated heterocycles. The van der Waals surface area contributed by atoms with Gasteiger partial charge >= 0.3 is 0 Å². The molecule has 0 fully saturated rings. The van der Waals surface area contributed by atoms with Crippen LogP contribution >= 0.6 is 11.3 Å². The van der Waals surface area contributed by atoms with Crippen LogP contribution < -0.4 is 10.2 Å². The van der Waals surface area contributed by atoms with Gasteiger partial charge in [-0.3, -0.25) is 9.59 Å². The maximum Gasteiger partial charge on any atom is 0.261 e. The lowest BCUT2D eigenvalue weighted by Gasteiger charge is -2.18. The van der Waals surface area contributed by atoms with E-state index in [9.17, 15) is 14.0 Å². The molecular weight excluding hydrogens is 479 g/mol. The van der Waals surface area contributed by atoms with Crippen LogP contribution in [0.5, 0.6) is 0 Å². The minimum absolute atomic E-state index is 0.0279. The summed E-state index contributed by atoms with van der Waals surface area (Å²) in [5.74, 6) is -1.12. The predicted molar refractivity (Wildman–Crippen MR) is 135 cm³/mol. The molecule has 10 heteroatoms. The molecule has 3 heterocycles. The number of benzene rings is 3. The van der Waals surface area contributed by atoms with Gasteiger partial charge in [0.25, 0.3) is 5.91 Å². The van der Waals surface area contributed by atoms with Crippen molar-refractivity contribution in [1.82, 2.24) is 20.0 Å². The number of aromatic nitrogens is 4. The molecule has 0 atom stereocenters. The van der Waals surface area contributed by atoms with E-state index in [1.54, 1.807) is 21.7 Å². The zero-order valence-electron chi connectivity index (χ0n) is 18.9. The highest BCUT2D eigenvalue weighted by atomic mass is 32.1. The summed E-state index contributed by atoms with van der Waals surface area (Å²) in [6.45, 7) is 0.515. The molecular formula is C26H19FN6O2S. The zero-order valence-corrected chi connectivity index (χ0v) is 19.7. The summed E-state index contributed by atoms with van der Waals surface area (Å²) >= 11 is 1.33. The van der Waals surface area contributed by atoms with E-state index in [1.807, 2.05) is 47.8 Å². The quantitative estimate of drug-likeness (QED) is 0.384. The third-order valence-electron chi connectivity index (χ3n) is 6.08. The number of thiazole rings is 1. The number of rotatable bonds is 5. The van der Waals surface area contributed by atoms with Crippen LogP contribution in [0, 0.1) is 5.82 Å². The van der Waals surface area contributed by atoms with Crippen molar-refractivity contribution in [3.63, 3.8) is 0 Å². The molecule has 5 aromatic rings. The average Bonchev–Trinajstić information content (AvgIpc) is 3.62. The normalized spacial score (nSPS) is 12.6. The smallest absolute Gasteiger partial charge is 0.261 e. The molecule has 0 spiro atoms. The fourth-order valence-corrected chi connectivity index (χ4v) is 5.08. The van der Waals surface area contributed by atoms with Crippen LogP contribution in [0.15, 0.2) is 72.1 Å². The maximum atomic E-state index is 14.1. The summed E-state index contributed by atoms with van der Waals surface area (Å²) in [6, 6.07) is 19.2. The first-order valence-electron chi connectivity index (χ1n) is 11.3. The molecule has 0 saturated carbocycles. The standard InChI is InChI=1S/C26H19FN6O2S/c27-19-6-2-1-5-18(19)25(35)32-12-11-17-13-16(9-10-22(17)32)21-15-36-26(28-21)29-24(34)14-33-23-8-4-3-7-20(23)30-31-33/h1-10,13,15H,11-12,14H2,(H,28,29,34). The van der Waals surface area contributed by atoms with Crippen molar-refractivity contribution < 1.29 is 14.0 Å². The highest BCUT2D eigenvalue weighted by Gasteiger charge is 2.27. The summed E-state index contributed by atoms with van der Waals surface area (Å²) in [4.78, 5) is 31.6. The number of hydrogen-bond donors (Lipinski definition) is 1. The Morgan fingerprint density at radius 2 is 1.89 bits per heavy atom. The van der Waals surface area contributed by atoms with E-state index in [-0.39, 0.29) is 23.9 Å². The molecule has 2 amide bonds. The van der Waals surface area contributed by atoms with Crippen molar-refractivity contribution >= 4 is 45.0 Å². The largest absolute Gasteiger partial charge is 0.308 e. The van der Waals surface area contributed by atoms with Crippen LogP contribution in [0.2, 0.25) is 0 Å². The number of halogens is 1. The van der Waals surface area contributed by atoms with E-state index < -0.39 is 5.82 Å². The molecule has 0 radical (unpaired) electrons. The number of carbonyl (C=O) groups excluding carboxylic acids is 2. The molecule has 0 bridgehead atoms. The number of amides is 2. The summed E-state index contributed by atoms with van der Waals surface area (Å²) < 4.78 is 15.7. The monoisotopic (exact) mass is 498 g/mol. The van der Waals surface area contributed by atoms with Gasteiger partial charge in [0, 0.05) is 23.2 Å². The van der Waals surface area contributed by atoms with Crippen molar-refractivity contribution in [2.24, 2.45) is 0 Å². The van der Waals surface area contributed by atoms with Gasteiger partial charge in [-0.2, -0.15) is 0 Å². The van der Waals surface area contributed by atoms with Gasteiger partial charge in [0.2, 0.25) is 5.91 Å². The van der Waals surface area contributed by atoms with Gasteiger partial charge in [0.05, 0.1) is 16.8 Å². The summed E-state index contributed by atoms with van der Waals surface area (Å²) in [5, 5.41) is 13.3. The van der Waals surface area contributed by atoms with Gasteiger partial charge in [-0.1, -0.05) is 35.5 Å². The molecule has 1 aliphatic rings. The van der Waals surface area contributed by atoms with E-state index in [0.717, 1.165) is 33.5 Å². The number of anilines is 2. The van der Waals surface area contributed by atoms with Crippen molar-refractivity contribution in [3.8, 4) is 11.3 Å². The average molecular weight is 499 g/mol. The molecule has 0 unspecified atom stereocenters. The first-order valence-corrected chi connectivity index (χ1v) is 12.2. The molecule has 6 rings (SSSR count). The van der Waals surface area contributed by atoms with Crippen molar-refractivity contribution in [2.75, 3.05) is 16.8 Å². The van der Waals surface area contributed by atoms with Gasteiger partial charge < -0.3 is 10.2 Å². The highest BCUT2D eigenvalue weighted by Crippen LogP contribution is 2.34. The number of carbonyl (C=O) groups is 2. The fraction of sp³-hybridized carbons (Fsp3) is 0.115. The lowest BCUT2D eigenvalue weighted by molar-refractivity contribution is -0.116. The Hall–Kier alpha value is -4.44. The maximum absolute atomic E-state index is 14.1. The van der Waals surface area contributed by atoms with E-state index in [0.29, 0.717) is 18.1 Å². The SMILES string of the molecule is O=C(Cn1nnc2ccccc21)Nc1nc(-c2ccc3c(c2)CCN3C(=O)c2ccccc2F)cs1. The number of para-hydroxylation sites is 1. The first kappa shape index (κ1) is 22.1. The molecule has 2 aromatic heterocycles. The van der Waals surface area contributed by atoms with Gasteiger partial charge in [-0.05, 0) is 48.4 Å². The minimum Gasteiger partial charge on any atom is -0.308 e. The van der Waals surface area contributed by atoms with Gasteiger partial charge in [-0.15, -0.1) is 16.4 Å². The Morgan fingerprint density at radius 3 is 2.78 bits per heavy atom. The summed E-state index contributed by atoms with van der Waals surface area (Å²) in [7, 11) is 0. The molecule has 0 aliphatic carbocycles. The van der Waals surface area contributed by atoms with Crippen LogP contribution in [0.25, 0.3) is 22.3 Å². The highest BCUT2D eigenvalue weighted by molar-refractivity contribution is 7.14. The predicted octanol–water partition coefficient (Wildman–Crippen LogP) is 4.54. The Kier molecular flexibility index (Phi) is 5.49. The first-order chi connectivity index (χ1) is 17.6. The lowest BCUT2D eigenvalue weighted by atomic mass is 10.1. The van der Waals surface area contributed by atoms with Gasteiger partial charge in [-0.25, -0.2) is 14.1 Å². The Morgan fingerprint density at radius 1 is 1.06 bits per heavy atom. The molecule has 1 aliphatic heterocycles. The third kappa shape index (κ3) is 4.01. The van der Waals surface area contributed by atoms with Crippen LogP contribution in [-0.2, 0) is 17.8 Å². The van der Waals surface area contributed by atoms with Gasteiger partial charge in [0.15, 0.2) is 5.13 Å². The Balaban J connectivity index is 1.16. The molecule has 8 nitrogen and oxygen atoms in total. The number of fused-ring (bicyclic) bond motifs is 2. The van der Waals surface area contributed by atoms with Crippen molar-refractivity contribution in [1.29, 1.82) is 0 Å². The van der Waals surface area contributed by atoms with Crippen LogP contribution in [0.3, 0.4) is 0 Å². The van der Waals surface area contributed by atoms with E-state index in [2.05, 4.69) is 20.6 Å². The second kappa shape index (κ2) is 8.97. The number of hydrogen-bond acceptors (Lipinski definition) is 6. The minimum atomic E-state index is -0.526. The molecule has 3 aromatic carbocycles. The fourth-order valence-electron chi connectivity index (χ4n) is 4.34.